The van der Waals surface area contributed by atoms with E-state index in [1.54, 1.807) is 11.1 Å². The van der Waals surface area contributed by atoms with Gasteiger partial charge in [0.15, 0.2) is 0 Å². The standard InChI is InChI=1S/C23H30F3N5O.C14H27N3O4.C10H12N2O/c1-14(2)30(3)16-5-7-17(8-6-16)31-11-10-20(22(31)32)29-21-18-12-15(23(24,25)26)4-9-19(18)27-13-28-21;15-13-3-1-12(2-4-13)14(19)17-6-8-21-10-9-20-7-5-16-11-18;1-12-9(4-5-10(12)13)8-3-2-6-11-7-8/h4,9,12-14,16-17,20H,5-8,10-11H2,1-3H3,(H,27,28,29);11-13H,1-10,15H2,(H,16,18)(H,17,19);2-3,6-7,9H,4-5H2,1H3. The van der Waals surface area contributed by atoms with Crippen molar-refractivity contribution in [3.05, 3.63) is 60.2 Å². The number of aromatic nitrogens is 3. The molecule has 2 unspecified atom stereocenters. The van der Waals surface area contributed by atoms with Crippen LogP contribution in [0.15, 0.2) is 49.1 Å². The molecule has 4 fully saturated rings. The summed E-state index contributed by atoms with van der Waals surface area (Å²) in [6.07, 6.45) is 11.0. The summed E-state index contributed by atoms with van der Waals surface area (Å²) < 4.78 is 50.1. The third-order valence-electron chi connectivity index (χ3n) is 13.1. The fourth-order valence-corrected chi connectivity index (χ4v) is 8.96. The van der Waals surface area contributed by atoms with Gasteiger partial charge in [-0.25, -0.2) is 9.97 Å². The minimum Gasteiger partial charge on any atom is -0.377 e. The summed E-state index contributed by atoms with van der Waals surface area (Å²) in [6.45, 7) is 7.99. The normalized spacial score (nSPS) is 23.3. The number of pyridine rings is 1. The number of hydrogen-bond acceptors (Lipinski definition) is 12. The predicted octanol–water partition coefficient (Wildman–Crippen LogP) is 5.09. The van der Waals surface area contributed by atoms with Crippen LogP contribution in [0.1, 0.15) is 102 Å². The molecular weight excluding hydrogens is 858 g/mol. The molecule has 4 heterocycles. The zero-order chi connectivity index (χ0) is 47.6. The molecule has 66 heavy (non-hydrogen) atoms. The fraction of sp³-hybridized carbons (Fsp3) is 0.638. The first-order valence-corrected chi connectivity index (χ1v) is 23.3. The van der Waals surface area contributed by atoms with Gasteiger partial charge in [-0.1, -0.05) is 6.07 Å². The van der Waals surface area contributed by atoms with E-state index in [1.807, 2.05) is 30.3 Å². The van der Waals surface area contributed by atoms with Gasteiger partial charge in [0.05, 0.1) is 43.5 Å². The molecule has 5 N–H and O–H groups in total. The predicted molar refractivity (Wildman–Crippen MR) is 245 cm³/mol. The van der Waals surface area contributed by atoms with Gasteiger partial charge < -0.3 is 45.9 Å². The van der Waals surface area contributed by atoms with Crippen LogP contribution in [0.5, 0.6) is 0 Å². The SMILES string of the molecule is CC(C)N(C)C1CCC(N2CCC(Nc3ncnc4ccc(C(F)(F)F)cc34)C2=O)CC1.CN1C(=O)CCC1c1cccnc1.NC1CCC(C(=O)NCCOCCOCCNC=O)CC1. The van der Waals surface area contributed by atoms with Crippen LogP contribution in [0.4, 0.5) is 19.0 Å². The van der Waals surface area contributed by atoms with Crippen molar-refractivity contribution in [2.24, 2.45) is 11.7 Å². The first-order valence-electron chi connectivity index (χ1n) is 23.3. The Morgan fingerprint density at radius 2 is 1.67 bits per heavy atom. The average molecular weight is 927 g/mol. The third-order valence-corrected chi connectivity index (χ3v) is 13.1. The molecule has 2 saturated heterocycles. The van der Waals surface area contributed by atoms with Gasteiger partial charge in [0.2, 0.25) is 24.1 Å². The highest BCUT2D eigenvalue weighted by atomic mass is 19.4. The molecule has 4 amide bonds. The third kappa shape index (κ3) is 15.3. The first kappa shape index (κ1) is 52.0. The molecule has 3 aromatic rings. The number of nitrogens with one attached hydrogen (secondary N) is 3. The minimum atomic E-state index is -4.45. The van der Waals surface area contributed by atoms with Crippen molar-refractivity contribution < 1.29 is 41.8 Å². The Bertz CT molecular complexity index is 1980. The number of benzene rings is 1. The van der Waals surface area contributed by atoms with Crippen LogP contribution < -0.4 is 21.7 Å². The number of ether oxygens (including phenoxy) is 2. The molecule has 4 aliphatic rings. The van der Waals surface area contributed by atoms with Gasteiger partial charge in [-0.3, -0.25) is 24.2 Å². The molecule has 2 aliphatic carbocycles. The summed E-state index contributed by atoms with van der Waals surface area (Å²) in [5.41, 5.74) is 6.60. The van der Waals surface area contributed by atoms with Crippen LogP contribution in [0.2, 0.25) is 0 Å². The maximum Gasteiger partial charge on any atom is 0.416 e. The van der Waals surface area contributed by atoms with E-state index in [4.69, 9.17) is 15.2 Å². The number of fused-ring (bicyclic) bond motifs is 1. The number of carbonyl (C=O) groups excluding carboxylic acids is 4. The Morgan fingerprint density at radius 3 is 2.29 bits per heavy atom. The zero-order valence-electron chi connectivity index (χ0n) is 38.8. The van der Waals surface area contributed by atoms with Crippen molar-refractivity contribution in [1.29, 1.82) is 0 Å². The van der Waals surface area contributed by atoms with Crippen LogP contribution in [0.25, 0.3) is 10.9 Å². The van der Waals surface area contributed by atoms with Gasteiger partial charge in [0.25, 0.3) is 0 Å². The van der Waals surface area contributed by atoms with Gasteiger partial charge in [0, 0.05) is 81.0 Å². The van der Waals surface area contributed by atoms with Crippen molar-refractivity contribution >= 4 is 40.9 Å². The van der Waals surface area contributed by atoms with E-state index in [9.17, 15) is 32.3 Å². The molecule has 0 spiro atoms. The molecule has 16 nitrogen and oxygen atoms in total. The lowest BCUT2D eigenvalue weighted by Gasteiger charge is -2.39. The van der Waals surface area contributed by atoms with Gasteiger partial charge in [0.1, 0.15) is 18.2 Å². The van der Waals surface area contributed by atoms with Crippen LogP contribution in [-0.4, -0.2) is 144 Å². The fourth-order valence-electron chi connectivity index (χ4n) is 8.96. The maximum absolute atomic E-state index is 13.2. The number of amides is 4. The van der Waals surface area contributed by atoms with E-state index in [-0.39, 0.29) is 53.0 Å². The Hall–Kier alpha value is -4.98. The lowest BCUT2D eigenvalue weighted by molar-refractivity contribution is -0.137. The molecule has 7 rings (SSSR count). The lowest BCUT2D eigenvalue weighted by Crippen LogP contribution is -2.46. The summed E-state index contributed by atoms with van der Waals surface area (Å²) in [7, 11) is 4.01. The largest absolute Gasteiger partial charge is 0.416 e. The van der Waals surface area contributed by atoms with E-state index >= 15 is 0 Å². The van der Waals surface area contributed by atoms with Gasteiger partial charge in [-0.05, 0) is 115 Å². The Labute approximate surface area is 386 Å². The van der Waals surface area contributed by atoms with Gasteiger partial charge >= 0.3 is 6.18 Å². The number of anilines is 1. The number of alkyl halides is 3. The molecule has 2 aromatic heterocycles. The van der Waals surface area contributed by atoms with E-state index < -0.39 is 17.8 Å². The second kappa shape index (κ2) is 25.8. The smallest absolute Gasteiger partial charge is 0.377 e. The number of nitrogens with two attached hydrogens (primary N) is 1. The zero-order valence-corrected chi connectivity index (χ0v) is 38.8. The summed E-state index contributed by atoms with van der Waals surface area (Å²) in [4.78, 5) is 64.6. The van der Waals surface area contributed by atoms with Crippen molar-refractivity contribution in [2.75, 3.05) is 65.5 Å². The highest BCUT2D eigenvalue weighted by molar-refractivity contribution is 5.93. The number of hydrogen-bond donors (Lipinski definition) is 4. The summed E-state index contributed by atoms with van der Waals surface area (Å²) in [5, 5.41) is 8.77. The maximum atomic E-state index is 13.2. The second-order valence-corrected chi connectivity index (χ2v) is 17.7. The van der Waals surface area contributed by atoms with Crippen molar-refractivity contribution in [2.45, 2.75) is 127 Å². The molecule has 0 radical (unpaired) electrons. The molecule has 2 saturated carbocycles. The molecule has 0 bridgehead atoms. The monoisotopic (exact) mass is 927 g/mol. The van der Waals surface area contributed by atoms with E-state index in [2.05, 4.69) is 56.7 Å². The Morgan fingerprint density at radius 1 is 0.955 bits per heavy atom. The van der Waals surface area contributed by atoms with Crippen molar-refractivity contribution in [1.82, 2.24) is 40.3 Å². The highest BCUT2D eigenvalue weighted by Gasteiger charge is 2.39. The molecular formula is C47H69F3N10O6. The number of likely N-dealkylation sites (tertiary alicyclic amines) is 2. The van der Waals surface area contributed by atoms with Crippen LogP contribution in [0, 0.1) is 5.92 Å². The number of nitrogens with zero attached hydrogens (tertiary/aromatic N) is 6. The second-order valence-electron chi connectivity index (χ2n) is 17.7. The van der Waals surface area contributed by atoms with Crippen LogP contribution in [-0.2, 0) is 34.8 Å². The van der Waals surface area contributed by atoms with E-state index in [0.29, 0.717) is 82.9 Å². The molecule has 2 aliphatic heterocycles. The Balaban J connectivity index is 0.000000205. The minimum absolute atomic E-state index is 0.00408. The van der Waals surface area contributed by atoms with Crippen LogP contribution >= 0.6 is 0 Å². The Kier molecular flexibility index (Phi) is 20.3. The molecule has 364 valence electrons. The molecule has 19 heteroatoms. The first-order chi connectivity index (χ1) is 31.7. The highest BCUT2D eigenvalue weighted by Crippen LogP contribution is 2.35. The van der Waals surface area contributed by atoms with E-state index in [1.165, 1.54) is 12.4 Å². The number of rotatable bonds is 17. The number of carbonyl (C=O) groups is 4. The summed E-state index contributed by atoms with van der Waals surface area (Å²) in [5.74, 6) is 0.724. The topological polar surface area (TPSA) is 197 Å². The lowest BCUT2D eigenvalue weighted by atomic mass is 9.86. The summed E-state index contributed by atoms with van der Waals surface area (Å²) >= 11 is 0. The molecule has 2 atom stereocenters. The van der Waals surface area contributed by atoms with Crippen molar-refractivity contribution in [3.63, 3.8) is 0 Å². The van der Waals surface area contributed by atoms with E-state index in [0.717, 1.165) is 75.5 Å². The number of halogens is 3. The molecule has 1 aromatic carbocycles. The van der Waals surface area contributed by atoms with Crippen LogP contribution in [0.3, 0.4) is 0 Å². The average Bonchev–Trinajstić information content (AvgIpc) is 3.86. The van der Waals surface area contributed by atoms with Crippen molar-refractivity contribution in [3.8, 4) is 0 Å². The quantitative estimate of drug-likeness (QED) is 0.104. The summed E-state index contributed by atoms with van der Waals surface area (Å²) in [6, 6.07) is 8.60. The van der Waals surface area contributed by atoms with Gasteiger partial charge in [-0.2, -0.15) is 13.2 Å². The van der Waals surface area contributed by atoms with Gasteiger partial charge in [-0.15, -0.1) is 0 Å².